The fourth-order valence-electron chi connectivity index (χ4n) is 3.08. The summed E-state index contributed by atoms with van der Waals surface area (Å²) in [5.41, 5.74) is 1.14. The smallest absolute Gasteiger partial charge is 0.326 e. The molecule has 3 amide bonds. The number of aryl methyl sites for hydroxylation is 1. The number of carbonyl (C=O) groups excluding carboxylic acids is 2. The van der Waals surface area contributed by atoms with Crippen molar-refractivity contribution in [2.45, 2.75) is 70.0 Å². The molecule has 12 heteroatoms. The van der Waals surface area contributed by atoms with E-state index in [0.29, 0.717) is 12.8 Å². The maximum atomic E-state index is 12.1. The predicted octanol–water partition coefficient (Wildman–Crippen LogP) is 1.97. The minimum atomic E-state index is -1.47. The molecule has 0 bridgehead atoms. The van der Waals surface area contributed by atoms with Crippen LogP contribution in [0.1, 0.15) is 51.0 Å². The second-order valence-corrected chi connectivity index (χ2v) is 9.10. The van der Waals surface area contributed by atoms with Crippen molar-refractivity contribution in [3.8, 4) is 0 Å². The normalized spacial score (nSPS) is 13.2. The maximum Gasteiger partial charge on any atom is 0.326 e. The summed E-state index contributed by atoms with van der Waals surface area (Å²) in [6, 6.07) is 3.89. The molecule has 0 heterocycles. The lowest BCUT2D eigenvalue weighted by Crippen LogP contribution is -2.51. The Bertz CT molecular complexity index is 862. The van der Waals surface area contributed by atoms with Crippen LogP contribution in [0.5, 0.6) is 0 Å². The highest BCUT2D eigenvalue weighted by Gasteiger charge is 2.25. The number of carbonyl (C=O) groups is 5. The molecule has 1 rings (SSSR count). The van der Waals surface area contributed by atoms with Crippen LogP contribution in [-0.2, 0) is 25.6 Å². The van der Waals surface area contributed by atoms with E-state index in [9.17, 15) is 29.1 Å². The number of amides is 3. The molecule has 0 saturated carbocycles. The molecule has 1 aromatic rings. The third kappa shape index (κ3) is 12.4. The van der Waals surface area contributed by atoms with Gasteiger partial charge in [0.25, 0.3) is 0 Å². The van der Waals surface area contributed by atoms with Crippen LogP contribution in [0.25, 0.3) is 0 Å². The fourth-order valence-corrected chi connectivity index (χ4v) is 3.44. The van der Waals surface area contributed by atoms with Gasteiger partial charge in [0.1, 0.15) is 12.1 Å². The van der Waals surface area contributed by atoms with Gasteiger partial charge in [-0.15, -0.1) is 0 Å². The van der Waals surface area contributed by atoms with Gasteiger partial charge in [-0.3, -0.25) is 9.59 Å². The van der Waals surface area contributed by atoms with Crippen LogP contribution in [-0.4, -0.2) is 63.3 Å². The first-order chi connectivity index (χ1) is 16.0. The first-order valence-corrected chi connectivity index (χ1v) is 11.8. The Kier molecular flexibility index (Phi) is 12.9. The van der Waals surface area contributed by atoms with Gasteiger partial charge in [0.05, 0.1) is 0 Å². The van der Waals surface area contributed by atoms with Gasteiger partial charge >= 0.3 is 23.9 Å². The van der Waals surface area contributed by atoms with Crippen molar-refractivity contribution in [2.75, 3.05) is 0 Å². The Balaban J connectivity index is 2.42. The molecule has 0 aromatic heterocycles. The molecule has 188 valence electrons. The Morgan fingerprint density at radius 1 is 0.824 bits per heavy atom. The van der Waals surface area contributed by atoms with Gasteiger partial charge in [0, 0.05) is 22.5 Å². The molecule has 0 aliphatic carbocycles. The molecule has 0 aliphatic rings. The number of aliphatic carboxylic acids is 3. The van der Waals surface area contributed by atoms with Crippen molar-refractivity contribution in [1.82, 2.24) is 16.0 Å². The molecule has 3 unspecified atom stereocenters. The molecular weight excluding hydrogens is 561 g/mol. The summed E-state index contributed by atoms with van der Waals surface area (Å²) in [7, 11) is 0. The van der Waals surface area contributed by atoms with Gasteiger partial charge in [-0.2, -0.15) is 0 Å². The van der Waals surface area contributed by atoms with Crippen molar-refractivity contribution in [1.29, 1.82) is 0 Å². The number of rotatable bonds is 15. The summed E-state index contributed by atoms with van der Waals surface area (Å²) in [5.74, 6) is -4.12. The van der Waals surface area contributed by atoms with E-state index in [1.54, 1.807) is 6.92 Å². The quantitative estimate of drug-likeness (QED) is 0.167. The third-order valence-electron chi connectivity index (χ3n) is 4.93. The number of carboxylic acids is 3. The van der Waals surface area contributed by atoms with Crippen LogP contribution in [0.2, 0.25) is 0 Å². The number of carboxylic acid groups (broad SMARTS) is 3. The molecular formula is C22H30IN3O8. The molecule has 0 saturated heterocycles. The van der Waals surface area contributed by atoms with Crippen LogP contribution in [0.4, 0.5) is 4.79 Å². The molecule has 11 nitrogen and oxygen atoms in total. The van der Waals surface area contributed by atoms with E-state index in [4.69, 9.17) is 10.2 Å². The van der Waals surface area contributed by atoms with E-state index in [-0.39, 0.29) is 31.2 Å². The molecule has 3 atom stereocenters. The van der Waals surface area contributed by atoms with Crippen molar-refractivity contribution < 1.29 is 39.3 Å². The highest BCUT2D eigenvalue weighted by atomic mass is 127. The second-order valence-electron chi connectivity index (χ2n) is 7.86. The van der Waals surface area contributed by atoms with Crippen molar-refractivity contribution in [3.63, 3.8) is 0 Å². The Morgan fingerprint density at radius 2 is 1.38 bits per heavy atom. The van der Waals surface area contributed by atoms with E-state index < -0.39 is 42.4 Å². The van der Waals surface area contributed by atoms with Gasteiger partial charge < -0.3 is 31.3 Å². The summed E-state index contributed by atoms with van der Waals surface area (Å²) >= 11 is 2.22. The number of hydrogen-bond donors (Lipinski definition) is 6. The minimum absolute atomic E-state index is 0.000283. The van der Waals surface area contributed by atoms with Gasteiger partial charge in [0.2, 0.25) is 5.91 Å². The first kappa shape index (κ1) is 29.1. The summed E-state index contributed by atoms with van der Waals surface area (Å²) in [6.45, 7) is 1.72. The molecule has 0 aliphatic heterocycles. The predicted molar refractivity (Wildman–Crippen MR) is 130 cm³/mol. The highest BCUT2D eigenvalue weighted by molar-refractivity contribution is 14.1. The number of hydrogen-bond acceptors (Lipinski definition) is 5. The van der Waals surface area contributed by atoms with Gasteiger partial charge in [-0.05, 0) is 79.3 Å². The fraction of sp³-hybridized carbons (Fsp3) is 0.500. The van der Waals surface area contributed by atoms with E-state index in [2.05, 4.69) is 38.5 Å². The van der Waals surface area contributed by atoms with Crippen LogP contribution in [0.15, 0.2) is 24.3 Å². The van der Waals surface area contributed by atoms with Gasteiger partial charge in [-0.25, -0.2) is 14.4 Å². The highest BCUT2D eigenvalue weighted by Crippen LogP contribution is 2.10. The summed E-state index contributed by atoms with van der Waals surface area (Å²) in [5, 5.41) is 34.2. The van der Waals surface area contributed by atoms with Crippen LogP contribution in [0.3, 0.4) is 0 Å². The zero-order chi connectivity index (χ0) is 25.7. The van der Waals surface area contributed by atoms with E-state index in [1.165, 1.54) is 0 Å². The molecule has 0 radical (unpaired) electrons. The summed E-state index contributed by atoms with van der Waals surface area (Å²) in [4.78, 5) is 57.4. The SMILES string of the molecule is CC(CCC(NC(=O)NC(CCC(=O)O)C(=O)O)C(=O)O)NC(=O)CCCc1ccc(I)cc1. The Hall–Kier alpha value is -2.90. The number of nitrogens with one attached hydrogen (secondary N) is 3. The molecule has 0 spiro atoms. The van der Waals surface area contributed by atoms with Crippen LogP contribution < -0.4 is 16.0 Å². The van der Waals surface area contributed by atoms with Crippen molar-refractivity contribution >= 4 is 52.4 Å². The van der Waals surface area contributed by atoms with Gasteiger partial charge in [-0.1, -0.05) is 12.1 Å². The maximum absolute atomic E-state index is 12.1. The van der Waals surface area contributed by atoms with Gasteiger partial charge in [0.15, 0.2) is 0 Å². The topological polar surface area (TPSA) is 182 Å². The monoisotopic (exact) mass is 591 g/mol. The average Bonchev–Trinajstić information content (AvgIpc) is 2.74. The standard InChI is InChI=1S/C22H30IN3O8/c1-13(24-18(27)4-2-3-14-6-8-15(23)9-7-14)5-10-16(20(30)31)25-22(34)26-17(21(32)33)11-12-19(28)29/h6-9,13,16-17H,2-5,10-12H2,1H3,(H,24,27)(H,28,29)(H,30,31)(H,32,33)(H2,25,26,34). The van der Waals surface area contributed by atoms with E-state index >= 15 is 0 Å². The zero-order valence-corrected chi connectivity index (χ0v) is 20.9. The molecule has 1 aromatic carbocycles. The van der Waals surface area contributed by atoms with Crippen LogP contribution in [0, 0.1) is 3.57 Å². The van der Waals surface area contributed by atoms with Crippen LogP contribution >= 0.6 is 22.6 Å². The number of urea groups is 1. The van der Waals surface area contributed by atoms with Crippen molar-refractivity contribution in [3.05, 3.63) is 33.4 Å². The lowest BCUT2D eigenvalue weighted by molar-refractivity contribution is -0.141. The van der Waals surface area contributed by atoms with Crippen molar-refractivity contribution in [2.24, 2.45) is 0 Å². The Morgan fingerprint density at radius 3 is 1.91 bits per heavy atom. The molecule has 34 heavy (non-hydrogen) atoms. The second kappa shape index (κ2) is 15.1. The summed E-state index contributed by atoms with van der Waals surface area (Å²) < 4.78 is 1.14. The molecule has 6 N–H and O–H groups in total. The minimum Gasteiger partial charge on any atom is -0.481 e. The summed E-state index contributed by atoms with van der Waals surface area (Å²) in [6.07, 6.45) is 1.21. The zero-order valence-electron chi connectivity index (χ0n) is 18.8. The lowest BCUT2D eigenvalue weighted by atomic mass is 10.1. The van der Waals surface area contributed by atoms with E-state index in [1.807, 2.05) is 24.3 Å². The largest absolute Gasteiger partial charge is 0.481 e. The Labute approximate surface area is 210 Å². The third-order valence-corrected chi connectivity index (χ3v) is 5.65. The first-order valence-electron chi connectivity index (χ1n) is 10.8. The molecule has 0 fully saturated rings. The lowest BCUT2D eigenvalue weighted by Gasteiger charge is -2.20. The number of benzene rings is 1. The average molecular weight is 591 g/mol. The number of halogens is 1. The van der Waals surface area contributed by atoms with E-state index in [0.717, 1.165) is 15.6 Å².